The maximum absolute atomic E-state index is 12.4. The van der Waals surface area contributed by atoms with Crippen molar-refractivity contribution >= 4 is 17.7 Å². The van der Waals surface area contributed by atoms with E-state index in [1.54, 1.807) is 18.2 Å². The molecule has 2 N–H and O–H groups in total. The van der Waals surface area contributed by atoms with Gasteiger partial charge in [0.15, 0.2) is 11.5 Å². The van der Waals surface area contributed by atoms with Gasteiger partial charge in [0.25, 0.3) is 5.91 Å². The van der Waals surface area contributed by atoms with E-state index in [2.05, 4.69) is 10.6 Å². The van der Waals surface area contributed by atoms with E-state index in [0.717, 1.165) is 12.8 Å². The van der Waals surface area contributed by atoms with Gasteiger partial charge in [-0.25, -0.2) is 0 Å². The SMILES string of the molecule is CCCNC(=O)CN(CCC)C(=O)CNC(=O)c1ccc(OC)c(OC)c1. The number of hydrogen-bond acceptors (Lipinski definition) is 5. The largest absolute Gasteiger partial charge is 0.493 e. The van der Waals surface area contributed by atoms with Gasteiger partial charge in [-0.1, -0.05) is 13.8 Å². The number of ether oxygens (including phenoxy) is 2. The molecule has 1 rings (SSSR count). The molecule has 0 heterocycles. The van der Waals surface area contributed by atoms with E-state index in [-0.39, 0.29) is 24.9 Å². The van der Waals surface area contributed by atoms with Crippen LogP contribution in [0.2, 0.25) is 0 Å². The smallest absolute Gasteiger partial charge is 0.251 e. The van der Waals surface area contributed by atoms with Crippen molar-refractivity contribution in [2.45, 2.75) is 26.7 Å². The first-order chi connectivity index (χ1) is 13.0. The predicted molar refractivity (Wildman–Crippen MR) is 102 cm³/mol. The van der Waals surface area contributed by atoms with Crippen molar-refractivity contribution in [2.75, 3.05) is 40.4 Å². The van der Waals surface area contributed by atoms with Crippen LogP contribution in [-0.2, 0) is 9.59 Å². The normalized spacial score (nSPS) is 10.1. The van der Waals surface area contributed by atoms with Gasteiger partial charge in [-0.3, -0.25) is 14.4 Å². The molecule has 0 atom stereocenters. The lowest BCUT2D eigenvalue weighted by atomic mass is 10.2. The Hall–Kier alpha value is -2.77. The molecule has 0 bridgehead atoms. The molecule has 0 aliphatic carbocycles. The molecule has 27 heavy (non-hydrogen) atoms. The van der Waals surface area contributed by atoms with Gasteiger partial charge in [0.1, 0.15) is 0 Å². The molecule has 8 heteroatoms. The molecule has 1 aromatic rings. The third kappa shape index (κ3) is 7.16. The minimum atomic E-state index is -0.406. The number of carbonyl (C=O) groups is 3. The van der Waals surface area contributed by atoms with Crippen LogP contribution >= 0.6 is 0 Å². The van der Waals surface area contributed by atoms with Crippen molar-refractivity contribution in [2.24, 2.45) is 0 Å². The summed E-state index contributed by atoms with van der Waals surface area (Å²) in [4.78, 5) is 38.0. The maximum Gasteiger partial charge on any atom is 0.251 e. The van der Waals surface area contributed by atoms with E-state index in [9.17, 15) is 14.4 Å². The molecule has 0 aliphatic rings. The highest BCUT2D eigenvalue weighted by atomic mass is 16.5. The van der Waals surface area contributed by atoms with E-state index >= 15 is 0 Å². The second-order valence-electron chi connectivity index (χ2n) is 5.92. The molecule has 0 radical (unpaired) electrons. The Morgan fingerprint density at radius 2 is 1.70 bits per heavy atom. The van der Waals surface area contributed by atoms with Crippen molar-refractivity contribution in [3.8, 4) is 11.5 Å². The summed E-state index contributed by atoms with van der Waals surface area (Å²) >= 11 is 0. The number of carbonyl (C=O) groups excluding carboxylic acids is 3. The first kappa shape index (κ1) is 22.3. The van der Waals surface area contributed by atoms with Crippen LogP contribution < -0.4 is 20.1 Å². The summed E-state index contributed by atoms with van der Waals surface area (Å²) in [6.45, 7) is 4.70. The van der Waals surface area contributed by atoms with Crippen LogP contribution in [0, 0.1) is 0 Å². The predicted octanol–water partition coefficient (Wildman–Crippen LogP) is 1.20. The Balaban J connectivity index is 2.66. The minimum Gasteiger partial charge on any atom is -0.493 e. The summed E-state index contributed by atoms with van der Waals surface area (Å²) < 4.78 is 10.3. The fraction of sp³-hybridized carbons (Fsp3) is 0.526. The molecule has 8 nitrogen and oxygen atoms in total. The second kappa shape index (κ2) is 11.8. The number of rotatable bonds is 11. The van der Waals surface area contributed by atoms with Crippen LogP contribution in [0.3, 0.4) is 0 Å². The molecule has 0 fully saturated rings. The van der Waals surface area contributed by atoms with Gasteiger partial charge in [0.2, 0.25) is 11.8 Å². The van der Waals surface area contributed by atoms with Crippen molar-refractivity contribution in [3.05, 3.63) is 23.8 Å². The molecular weight excluding hydrogens is 350 g/mol. The fourth-order valence-electron chi connectivity index (χ4n) is 2.40. The highest BCUT2D eigenvalue weighted by Gasteiger charge is 2.18. The van der Waals surface area contributed by atoms with E-state index in [1.807, 2.05) is 13.8 Å². The molecule has 0 saturated carbocycles. The minimum absolute atomic E-state index is 0.0150. The number of methoxy groups -OCH3 is 2. The van der Waals surface area contributed by atoms with E-state index in [4.69, 9.17) is 9.47 Å². The van der Waals surface area contributed by atoms with Gasteiger partial charge in [-0.2, -0.15) is 0 Å². The zero-order valence-corrected chi connectivity index (χ0v) is 16.5. The summed E-state index contributed by atoms with van der Waals surface area (Å²) in [5, 5.41) is 5.33. The molecule has 0 aromatic heterocycles. The molecule has 1 aromatic carbocycles. The molecule has 0 unspecified atom stereocenters. The van der Waals surface area contributed by atoms with Gasteiger partial charge < -0.3 is 25.0 Å². The molecule has 3 amide bonds. The average molecular weight is 379 g/mol. The summed E-state index contributed by atoms with van der Waals surface area (Å²) in [5.41, 5.74) is 0.350. The summed E-state index contributed by atoms with van der Waals surface area (Å²) in [6.07, 6.45) is 1.55. The topological polar surface area (TPSA) is 97.0 Å². The maximum atomic E-state index is 12.4. The Kier molecular flexibility index (Phi) is 9.71. The second-order valence-corrected chi connectivity index (χ2v) is 5.92. The van der Waals surface area contributed by atoms with Crippen LogP contribution in [0.15, 0.2) is 18.2 Å². The van der Waals surface area contributed by atoms with Crippen molar-refractivity contribution in [1.82, 2.24) is 15.5 Å². The first-order valence-electron chi connectivity index (χ1n) is 9.01. The zero-order valence-electron chi connectivity index (χ0n) is 16.5. The zero-order chi connectivity index (χ0) is 20.2. The van der Waals surface area contributed by atoms with Crippen LogP contribution in [0.5, 0.6) is 11.5 Å². The van der Waals surface area contributed by atoms with Gasteiger partial charge in [0, 0.05) is 18.7 Å². The lowest BCUT2D eigenvalue weighted by Gasteiger charge is -2.21. The number of nitrogens with zero attached hydrogens (tertiary/aromatic N) is 1. The van der Waals surface area contributed by atoms with Crippen molar-refractivity contribution < 1.29 is 23.9 Å². The van der Waals surface area contributed by atoms with Crippen LogP contribution in [0.1, 0.15) is 37.0 Å². The highest BCUT2D eigenvalue weighted by molar-refractivity contribution is 5.97. The van der Waals surface area contributed by atoms with Gasteiger partial charge in [0.05, 0.1) is 27.3 Å². The van der Waals surface area contributed by atoms with E-state index in [1.165, 1.54) is 19.1 Å². The first-order valence-corrected chi connectivity index (χ1v) is 9.01. The third-order valence-electron chi connectivity index (χ3n) is 3.80. The Labute approximate surface area is 160 Å². The number of nitrogens with one attached hydrogen (secondary N) is 2. The van der Waals surface area contributed by atoms with E-state index in [0.29, 0.717) is 30.2 Å². The third-order valence-corrected chi connectivity index (χ3v) is 3.80. The monoisotopic (exact) mass is 379 g/mol. The summed E-state index contributed by atoms with van der Waals surface area (Å²) in [7, 11) is 2.99. The standard InChI is InChI=1S/C19H29N3O5/c1-5-9-20-17(23)13-22(10-6-2)18(24)12-21-19(25)14-7-8-15(26-3)16(11-14)27-4/h7-8,11H,5-6,9-10,12-13H2,1-4H3,(H,20,23)(H,21,25). The molecular formula is C19H29N3O5. The molecule has 0 aliphatic heterocycles. The van der Waals surface area contributed by atoms with Gasteiger partial charge in [-0.05, 0) is 31.0 Å². The quantitative estimate of drug-likeness (QED) is 0.602. The fourth-order valence-corrected chi connectivity index (χ4v) is 2.40. The Morgan fingerprint density at radius 3 is 2.30 bits per heavy atom. The molecule has 0 saturated heterocycles. The van der Waals surface area contributed by atoms with Gasteiger partial charge >= 0.3 is 0 Å². The lowest BCUT2D eigenvalue weighted by molar-refractivity contribution is -0.135. The van der Waals surface area contributed by atoms with E-state index < -0.39 is 5.91 Å². The van der Waals surface area contributed by atoms with Gasteiger partial charge in [-0.15, -0.1) is 0 Å². The summed E-state index contributed by atoms with van der Waals surface area (Å²) in [6, 6.07) is 4.75. The average Bonchev–Trinajstić information content (AvgIpc) is 2.69. The van der Waals surface area contributed by atoms with Crippen LogP contribution in [0.25, 0.3) is 0 Å². The Morgan fingerprint density at radius 1 is 1.00 bits per heavy atom. The number of hydrogen-bond donors (Lipinski definition) is 2. The highest BCUT2D eigenvalue weighted by Crippen LogP contribution is 2.27. The van der Waals surface area contributed by atoms with Crippen molar-refractivity contribution in [3.63, 3.8) is 0 Å². The molecule has 0 spiro atoms. The number of amides is 3. The molecule has 150 valence electrons. The Bertz CT molecular complexity index is 648. The summed E-state index contributed by atoms with van der Waals surface area (Å²) in [5.74, 6) is 0.0207. The number of benzene rings is 1. The lowest BCUT2D eigenvalue weighted by Crippen LogP contribution is -2.45. The van der Waals surface area contributed by atoms with Crippen molar-refractivity contribution in [1.29, 1.82) is 0 Å². The van der Waals surface area contributed by atoms with Crippen LogP contribution in [0.4, 0.5) is 0 Å². The van der Waals surface area contributed by atoms with Crippen LogP contribution in [-0.4, -0.2) is 63.0 Å².